The molecule has 0 amide bonds. The van der Waals surface area contributed by atoms with Crippen LogP contribution in [0.5, 0.6) is 0 Å². The Balaban J connectivity index is 1.86. The lowest BCUT2D eigenvalue weighted by molar-refractivity contribution is 0.0408. The Morgan fingerprint density at radius 3 is 1.65 bits per heavy atom. The maximum atomic E-state index is 11.8. The maximum absolute atomic E-state index is 11.8. The van der Waals surface area contributed by atoms with Gasteiger partial charge in [0.25, 0.3) is 0 Å². The summed E-state index contributed by atoms with van der Waals surface area (Å²) in [6.07, 6.45) is 6.04. The standard InChI is InChI=1S/C19H24Cl2O5/c1-11-15(22)13(5-7-18(11,3)20)9-25-17(24)26-10-14-6-8-19(4,21)12(2)16(14)23/h5-8,13-14,22-23H,9-10H2,1-4H3. The van der Waals surface area contributed by atoms with Gasteiger partial charge in [-0.1, -0.05) is 24.3 Å². The van der Waals surface area contributed by atoms with Crippen LogP contribution in [-0.4, -0.2) is 39.3 Å². The van der Waals surface area contributed by atoms with Gasteiger partial charge in [0.15, 0.2) is 0 Å². The van der Waals surface area contributed by atoms with Crippen LogP contribution >= 0.6 is 23.2 Å². The van der Waals surface area contributed by atoms with Crippen molar-refractivity contribution in [3.63, 3.8) is 0 Å². The number of carbonyl (C=O) groups excluding carboxylic acids is 1. The van der Waals surface area contributed by atoms with E-state index in [1.165, 1.54) is 0 Å². The number of rotatable bonds is 4. The third-order valence-corrected chi connectivity index (χ3v) is 5.80. The zero-order valence-corrected chi connectivity index (χ0v) is 16.8. The van der Waals surface area contributed by atoms with Gasteiger partial charge in [-0.2, -0.15) is 0 Å². The normalized spacial score (nSPS) is 34.2. The van der Waals surface area contributed by atoms with Gasteiger partial charge in [0.1, 0.15) is 24.7 Å². The minimum atomic E-state index is -0.874. The molecule has 4 unspecified atom stereocenters. The number of hydrogen-bond acceptors (Lipinski definition) is 5. The Morgan fingerprint density at radius 2 is 1.31 bits per heavy atom. The number of halogens is 2. The highest BCUT2D eigenvalue weighted by Crippen LogP contribution is 2.36. The van der Waals surface area contributed by atoms with Gasteiger partial charge in [-0.05, 0) is 38.8 Å². The van der Waals surface area contributed by atoms with Crippen LogP contribution in [0, 0.1) is 11.8 Å². The van der Waals surface area contributed by atoms with E-state index in [9.17, 15) is 15.0 Å². The third kappa shape index (κ3) is 4.38. The number of ether oxygens (including phenoxy) is 2. The zero-order chi connectivity index (χ0) is 19.7. The van der Waals surface area contributed by atoms with Crippen LogP contribution < -0.4 is 0 Å². The first-order chi connectivity index (χ1) is 12.0. The second-order valence-corrected chi connectivity index (χ2v) is 8.55. The Hall–Kier alpha value is -1.59. The van der Waals surface area contributed by atoms with E-state index < -0.39 is 27.7 Å². The lowest BCUT2D eigenvalue weighted by Gasteiger charge is -2.28. The monoisotopic (exact) mass is 402 g/mol. The van der Waals surface area contributed by atoms with E-state index >= 15 is 0 Å². The van der Waals surface area contributed by atoms with Crippen molar-refractivity contribution in [2.24, 2.45) is 11.8 Å². The smallest absolute Gasteiger partial charge is 0.508 e. The summed E-state index contributed by atoms with van der Waals surface area (Å²) in [5.74, 6) is -0.746. The van der Waals surface area contributed by atoms with E-state index in [0.29, 0.717) is 11.1 Å². The number of alkyl halides is 2. The van der Waals surface area contributed by atoms with Gasteiger partial charge in [0, 0.05) is 0 Å². The largest absolute Gasteiger partial charge is 0.512 e. The molecule has 0 saturated heterocycles. The number of carbonyl (C=O) groups is 1. The maximum Gasteiger partial charge on any atom is 0.508 e. The van der Waals surface area contributed by atoms with E-state index in [1.54, 1.807) is 52.0 Å². The molecule has 0 heterocycles. The second-order valence-electron chi connectivity index (χ2n) is 6.97. The van der Waals surface area contributed by atoms with Gasteiger partial charge in [0.2, 0.25) is 0 Å². The molecule has 0 aromatic heterocycles. The molecule has 0 fully saturated rings. The lowest BCUT2D eigenvalue weighted by atomic mass is 9.88. The highest BCUT2D eigenvalue weighted by Gasteiger charge is 2.32. The van der Waals surface area contributed by atoms with Crippen LogP contribution in [0.1, 0.15) is 27.7 Å². The van der Waals surface area contributed by atoms with Crippen molar-refractivity contribution in [3.8, 4) is 0 Å². The molecule has 144 valence electrons. The van der Waals surface area contributed by atoms with E-state index in [1.807, 2.05) is 0 Å². The quantitative estimate of drug-likeness (QED) is 0.385. The number of hydrogen-bond donors (Lipinski definition) is 2. The molecule has 0 aliphatic heterocycles. The zero-order valence-electron chi connectivity index (χ0n) is 15.3. The second kappa shape index (κ2) is 7.57. The summed E-state index contributed by atoms with van der Waals surface area (Å²) in [5, 5.41) is 20.4. The van der Waals surface area contributed by atoms with Crippen molar-refractivity contribution in [1.29, 1.82) is 0 Å². The Labute approximate surface area is 163 Å². The molecule has 2 aliphatic carbocycles. The van der Waals surface area contributed by atoms with Gasteiger partial charge < -0.3 is 19.7 Å². The first-order valence-corrected chi connectivity index (χ1v) is 9.08. The van der Waals surface area contributed by atoms with Crippen molar-refractivity contribution in [1.82, 2.24) is 0 Å². The highest BCUT2D eigenvalue weighted by atomic mass is 35.5. The minimum absolute atomic E-state index is 0.0629. The number of allylic oxidation sites excluding steroid dienone is 4. The van der Waals surface area contributed by atoms with Crippen molar-refractivity contribution < 1.29 is 24.5 Å². The minimum Gasteiger partial charge on any atom is -0.512 e. The van der Waals surface area contributed by atoms with E-state index in [4.69, 9.17) is 32.7 Å². The van der Waals surface area contributed by atoms with Crippen LogP contribution in [-0.2, 0) is 9.47 Å². The molecular weight excluding hydrogens is 379 g/mol. The predicted octanol–water partition coefficient (Wildman–Crippen LogP) is 5.17. The van der Waals surface area contributed by atoms with Crippen LogP contribution in [0.15, 0.2) is 47.0 Å². The molecule has 4 atom stereocenters. The Kier molecular flexibility index (Phi) is 6.03. The van der Waals surface area contributed by atoms with Crippen molar-refractivity contribution >= 4 is 29.4 Å². The van der Waals surface area contributed by atoms with Gasteiger partial charge in [-0.25, -0.2) is 4.79 Å². The van der Waals surface area contributed by atoms with Crippen LogP contribution in [0.2, 0.25) is 0 Å². The molecule has 0 radical (unpaired) electrons. The molecule has 2 N–H and O–H groups in total. The molecule has 2 aliphatic rings. The van der Waals surface area contributed by atoms with Gasteiger partial charge in [0.05, 0.1) is 21.6 Å². The summed E-state index contributed by atoms with van der Waals surface area (Å²) < 4.78 is 10.1. The van der Waals surface area contributed by atoms with Crippen molar-refractivity contribution in [3.05, 3.63) is 47.0 Å². The molecule has 0 bridgehead atoms. The average Bonchev–Trinajstić information content (AvgIpc) is 2.57. The van der Waals surface area contributed by atoms with Crippen LogP contribution in [0.4, 0.5) is 4.79 Å². The molecule has 0 aromatic carbocycles. The van der Waals surface area contributed by atoms with Gasteiger partial charge >= 0.3 is 6.16 Å². The van der Waals surface area contributed by atoms with E-state index in [2.05, 4.69) is 0 Å². The first kappa shape index (κ1) is 20.7. The fourth-order valence-corrected chi connectivity index (χ4v) is 3.05. The summed E-state index contributed by atoms with van der Waals surface area (Å²) in [6, 6.07) is 0. The molecule has 0 aromatic rings. The Bertz CT molecular complexity index is 643. The summed E-state index contributed by atoms with van der Waals surface area (Å²) in [6.45, 7) is 6.88. The molecule has 26 heavy (non-hydrogen) atoms. The average molecular weight is 403 g/mol. The topological polar surface area (TPSA) is 76.0 Å². The number of aliphatic hydroxyl groups is 2. The molecule has 0 spiro atoms. The SMILES string of the molecule is CC1=C(O)C(COC(=O)OCC2C=CC(C)(Cl)C(C)=C2O)C=CC1(C)Cl. The molecular formula is C19H24Cl2O5. The highest BCUT2D eigenvalue weighted by molar-refractivity contribution is 6.27. The molecule has 5 nitrogen and oxygen atoms in total. The van der Waals surface area contributed by atoms with Crippen LogP contribution in [0.25, 0.3) is 0 Å². The summed E-state index contributed by atoms with van der Waals surface area (Å²) in [4.78, 5) is 10.3. The number of aliphatic hydroxyl groups excluding tert-OH is 2. The predicted molar refractivity (Wildman–Crippen MR) is 102 cm³/mol. The molecule has 7 heteroatoms. The van der Waals surface area contributed by atoms with Crippen molar-refractivity contribution in [2.75, 3.05) is 13.2 Å². The summed E-state index contributed by atoms with van der Waals surface area (Å²) in [5.41, 5.74) is 1.23. The first-order valence-electron chi connectivity index (χ1n) is 8.32. The van der Waals surface area contributed by atoms with Crippen molar-refractivity contribution in [2.45, 2.75) is 37.4 Å². The van der Waals surface area contributed by atoms with Gasteiger partial charge in [-0.3, -0.25) is 0 Å². The van der Waals surface area contributed by atoms with Gasteiger partial charge in [-0.15, -0.1) is 23.2 Å². The summed E-state index contributed by atoms with van der Waals surface area (Å²) in [7, 11) is 0. The van der Waals surface area contributed by atoms with E-state index in [0.717, 1.165) is 0 Å². The fourth-order valence-electron chi connectivity index (χ4n) is 2.71. The van der Waals surface area contributed by atoms with Crippen LogP contribution in [0.3, 0.4) is 0 Å². The molecule has 2 rings (SSSR count). The molecule has 0 saturated carbocycles. The third-order valence-electron chi connectivity index (χ3n) is 4.98. The summed E-state index contributed by atoms with van der Waals surface area (Å²) >= 11 is 12.5. The van der Waals surface area contributed by atoms with E-state index in [-0.39, 0.29) is 24.7 Å². The fraction of sp³-hybridized carbons (Fsp3) is 0.526. The lowest BCUT2D eigenvalue weighted by Crippen LogP contribution is -2.28. The Morgan fingerprint density at radius 1 is 0.962 bits per heavy atom.